The molecule has 0 bridgehead atoms. The van der Waals surface area contributed by atoms with Crippen LogP contribution in [0.5, 0.6) is 0 Å². The Morgan fingerprint density at radius 1 is 1.47 bits per heavy atom. The minimum absolute atomic E-state index is 0.179. The van der Waals surface area contributed by atoms with E-state index in [1.807, 2.05) is 4.90 Å². The lowest BCUT2D eigenvalue weighted by molar-refractivity contribution is -0.144. The largest absolute Gasteiger partial charge is 0.480 e. The summed E-state index contributed by atoms with van der Waals surface area (Å²) in [6.07, 6.45) is 0. The van der Waals surface area contributed by atoms with Crippen LogP contribution in [-0.2, 0) is 4.79 Å². The first-order valence-corrected chi connectivity index (χ1v) is 5.36. The summed E-state index contributed by atoms with van der Waals surface area (Å²) in [5.74, 6) is -0.818. The average molecular weight is 215 g/mol. The van der Waals surface area contributed by atoms with E-state index in [0.717, 1.165) is 13.1 Å². The van der Waals surface area contributed by atoms with Gasteiger partial charge < -0.3 is 10.8 Å². The molecule has 0 spiro atoms. The highest BCUT2D eigenvalue weighted by Gasteiger charge is 2.33. The Morgan fingerprint density at radius 3 is 2.27 bits per heavy atom. The summed E-state index contributed by atoms with van der Waals surface area (Å²) in [7, 11) is 2.07. The molecule has 1 saturated heterocycles. The second-order valence-electron chi connectivity index (χ2n) is 4.41. The lowest BCUT2D eigenvalue weighted by Gasteiger charge is -2.44. The number of piperazine rings is 1. The van der Waals surface area contributed by atoms with Crippen molar-refractivity contribution in [1.82, 2.24) is 9.80 Å². The van der Waals surface area contributed by atoms with Crippen LogP contribution in [0.1, 0.15) is 13.8 Å². The molecule has 5 heteroatoms. The minimum atomic E-state index is -0.818. The van der Waals surface area contributed by atoms with Gasteiger partial charge in [-0.15, -0.1) is 0 Å². The number of carboxylic acid groups (broad SMARTS) is 1. The van der Waals surface area contributed by atoms with Gasteiger partial charge in [0.15, 0.2) is 0 Å². The zero-order valence-corrected chi connectivity index (χ0v) is 9.68. The Hall–Kier alpha value is -0.650. The Balaban J connectivity index is 2.67. The van der Waals surface area contributed by atoms with Crippen LogP contribution < -0.4 is 5.73 Å². The van der Waals surface area contributed by atoms with Crippen molar-refractivity contribution in [1.29, 1.82) is 0 Å². The first kappa shape index (κ1) is 12.4. The highest BCUT2D eigenvalue weighted by atomic mass is 16.4. The minimum Gasteiger partial charge on any atom is -0.480 e. The quantitative estimate of drug-likeness (QED) is 0.659. The van der Waals surface area contributed by atoms with Gasteiger partial charge >= 0.3 is 5.97 Å². The van der Waals surface area contributed by atoms with Gasteiger partial charge in [-0.25, -0.2) is 0 Å². The zero-order valence-electron chi connectivity index (χ0n) is 9.68. The molecule has 1 rings (SSSR count). The molecule has 15 heavy (non-hydrogen) atoms. The van der Waals surface area contributed by atoms with E-state index in [9.17, 15) is 4.79 Å². The fourth-order valence-electron chi connectivity index (χ4n) is 2.11. The molecule has 1 unspecified atom stereocenters. The number of rotatable bonds is 3. The van der Waals surface area contributed by atoms with Gasteiger partial charge in [-0.2, -0.15) is 0 Å². The van der Waals surface area contributed by atoms with E-state index < -0.39 is 12.0 Å². The topological polar surface area (TPSA) is 69.8 Å². The van der Waals surface area contributed by atoms with Crippen LogP contribution in [0.3, 0.4) is 0 Å². The summed E-state index contributed by atoms with van der Waals surface area (Å²) in [5, 5.41) is 9.03. The van der Waals surface area contributed by atoms with Crippen molar-refractivity contribution < 1.29 is 9.90 Å². The number of likely N-dealkylation sites (N-methyl/N-ethyl adjacent to an activating group) is 1. The van der Waals surface area contributed by atoms with Gasteiger partial charge in [0.25, 0.3) is 0 Å². The van der Waals surface area contributed by atoms with Crippen molar-refractivity contribution in [3.63, 3.8) is 0 Å². The average Bonchev–Trinajstić information content (AvgIpc) is 2.14. The van der Waals surface area contributed by atoms with Crippen molar-refractivity contribution >= 4 is 5.97 Å². The van der Waals surface area contributed by atoms with Gasteiger partial charge in [0, 0.05) is 31.7 Å². The van der Waals surface area contributed by atoms with Crippen molar-refractivity contribution in [3.05, 3.63) is 0 Å². The molecule has 1 aliphatic rings. The molecule has 0 radical (unpaired) electrons. The number of carboxylic acids is 1. The van der Waals surface area contributed by atoms with E-state index in [1.54, 1.807) is 0 Å². The van der Waals surface area contributed by atoms with Gasteiger partial charge in [0.1, 0.15) is 6.04 Å². The van der Waals surface area contributed by atoms with Crippen LogP contribution in [0.15, 0.2) is 0 Å². The van der Waals surface area contributed by atoms with Crippen LogP contribution in [0, 0.1) is 0 Å². The molecule has 0 aromatic rings. The maximum absolute atomic E-state index is 11.0. The summed E-state index contributed by atoms with van der Waals surface area (Å²) < 4.78 is 0. The monoisotopic (exact) mass is 215 g/mol. The summed E-state index contributed by atoms with van der Waals surface area (Å²) >= 11 is 0. The molecule has 0 aromatic heterocycles. The van der Waals surface area contributed by atoms with Crippen LogP contribution in [-0.4, -0.2) is 65.7 Å². The molecule has 88 valence electrons. The molecular formula is C10H21N3O2. The Morgan fingerprint density at radius 2 is 1.93 bits per heavy atom. The smallest absolute Gasteiger partial charge is 0.322 e. The van der Waals surface area contributed by atoms with Gasteiger partial charge in [-0.3, -0.25) is 14.6 Å². The van der Waals surface area contributed by atoms with Gasteiger partial charge in [-0.1, -0.05) is 0 Å². The molecule has 3 N–H and O–H groups in total. The van der Waals surface area contributed by atoms with Crippen LogP contribution in [0.25, 0.3) is 0 Å². The van der Waals surface area contributed by atoms with Crippen LogP contribution >= 0.6 is 0 Å². The van der Waals surface area contributed by atoms with Crippen molar-refractivity contribution in [2.45, 2.75) is 32.0 Å². The Labute approximate surface area is 90.8 Å². The van der Waals surface area contributed by atoms with Gasteiger partial charge in [-0.05, 0) is 20.9 Å². The molecule has 3 atom stereocenters. The van der Waals surface area contributed by atoms with Gasteiger partial charge in [0.2, 0.25) is 0 Å². The van der Waals surface area contributed by atoms with Gasteiger partial charge in [0.05, 0.1) is 0 Å². The lowest BCUT2D eigenvalue weighted by Crippen LogP contribution is -2.60. The fourth-order valence-corrected chi connectivity index (χ4v) is 2.11. The molecule has 1 heterocycles. The second kappa shape index (κ2) is 4.92. The molecule has 0 aromatic carbocycles. The third-order valence-corrected chi connectivity index (χ3v) is 3.34. The number of aliphatic carboxylic acids is 1. The van der Waals surface area contributed by atoms with Crippen molar-refractivity contribution in [2.75, 3.05) is 26.7 Å². The fraction of sp³-hybridized carbons (Fsp3) is 0.900. The first-order chi connectivity index (χ1) is 6.97. The molecule has 0 saturated carbocycles. The van der Waals surface area contributed by atoms with Crippen LogP contribution in [0.4, 0.5) is 0 Å². The van der Waals surface area contributed by atoms with Crippen molar-refractivity contribution in [2.24, 2.45) is 5.73 Å². The second-order valence-corrected chi connectivity index (χ2v) is 4.41. The predicted octanol–water partition coefficient (Wildman–Crippen LogP) is -0.577. The number of hydrogen-bond acceptors (Lipinski definition) is 4. The SMILES string of the molecule is C[C@@H]1CN(C(CN)C(=O)O)C[C@H](C)N1C. The lowest BCUT2D eigenvalue weighted by atomic mass is 10.1. The molecular weight excluding hydrogens is 194 g/mol. The summed E-state index contributed by atoms with van der Waals surface area (Å²) in [6.45, 7) is 5.94. The van der Waals surface area contributed by atoms with E-state index in [4.69, 9.17) is 10.8 Å². The zero-order chi connectivity index (χ0) is 11.6. The van der Waals surface area contributed by atoms with E-state index >= 15 is 0 Å². The molecule has 1 fully saturated rings. The summed E-state index contributed by atoms with van der Waals surface area (Å²) in [5.41, 5.74) is 5.49. The summed E-state index contributed by atoms with van der Waals surface area (Å²) in [4.78, 5) is 15.2. The normalized spacial score (nSPS) is 31.5. The number of hydrogen-bond donors (Lipinski definition) is 2. The predicted molar refractivity (Wildman–Crippen MR) is 58.7 cm³/mol. The third kappa shape index (κ3) is 2.68. The molecule has 0 amide bonds. The van der Waals surface area contributed by atoms with E-state index in [-0.39, 0.29) is 6.54 Å². The molecule has 5 nitrogen and oxygen atoms in total. The first-order valence-electron chi connectivity index (χ1n) is 5.36. The molecule has 1 aliphatic heterocycles. The number of carbonyl (C=O) groups is 1. The van der Waals surface area contributed by atoms with E-state index in [1.165, 1.54) is 0 Å². The van der Waals surface area contributed by atoms with E-state index in [2.05, 4.69) is 25.8 Å². The highest BCUT2D eigenvalue weighted by Crippen LogP contribution is 2.15. The van der Waals surface area contributed by atoms with Crippen molar-refractivity contribution in [3.8, 4) is 0 Å². The Bertz CT molecular complexity index is 223. The standard InChI is InChI=1S/C10H21N3O2/c1-7-5-13(6-8(2)12(7)3)9(4-11)10(14)15/h7-9H,4-6,11H2,1-3H3,(H,14,15)/t7-,8+,9?. The Kier molecular flexibility index (Phi) is 4.07. The maximum Gasteiger partial charge on any atom is 0.322 e. The number of nitrogens with zero attached hydrogens (tertiary/aromatic N) is 2. The third-order valence-electron chi connectivity index (χ3n) is 3.34. The molecule has 0 aliphatic carbocycles. The van der Waals surface area contributed by atoms with Crippen LogP contribution in [0.2, 0.25) is 0 Å². The maximum atomic E-state index is 11.0. The van der Waals surface area contributed by atoms with E-state index in [0.29, 0.717) is 12.1 Å². The summed E-state index contributed by atoms with van der Waals surface area (Å²) in [6, 6.07) is 0.216. The number of nitrogens with two attached hydrogens (primary N) is 1. The highest BCUT2D eigenvalue weighted by molar-refractivity contribution is 5.73.